The molecule has 1 saturated carbocycles. The molecule has 0 saturated heterocycles. The minimum Gasteiger partial charge on any atom is -0.315 e. The van der Waals surface area contributed by atoms with E-state index in [4.69, 9.17) is 5.26 Å². The lowest BCUT2D eigenvalue weighted by Gasteiger charge is -2.11. The van der Waals surface area contributed by atoms with Crippen molar-refractivity contribution in [2.75, 3.05) is 18.8 Å². The van der Waals surface area contributed by atoms with Gasteiger partial charge in [0, 0.05) is 6.54 Å². The molecule has 0 heterocycles. The Labute approximate surface area is 120 Å². The average Bonchev–Trinajstić information content (AvgIpc) is 3.28. The van der Waals surface area contributed by atoms with Crippen LogP contribution in [0, 0.1) is 23.2 Å². The highest BCUT2D eigenvalue weighted by molar-refractivity contribution is 7.91. The summed E-state index contributed by atoms with van der Waals surface area (Å²) in [7, 11) is -3.26. The van der Waals surface area contributed by atoms with E-state index >= 15 is 0 Å². The quantitative estimate of drug-likeness (QED) is 0.780. The monoisotopic (exact) mass is 292 g/mol. The first-order chi connectivity index (χ1) is 9.53. The van der Waals surface area contributed by atoms with Crippen LogP contribution in [0.2, 0.25) is 0 Å². The Balaban J connectivity index is 1.82. The van der Waals surface area contributed by atoms with E-state index in [9.17, 15) is 8.42 Å². The molecule has 1 unspecified atom stereocenters. The first-order valence-corrected chi connectivity index (χ1v) is 8.62. The van der Waals surface area contributed by atoms with Gasteiger partial charge in [-0.2, -0.15) is 5.26 Å². The molecule has 0 radical (unpaired) electrons. The molecule has 0 spiro atoms. The van der Waals surface area contributed by atoms with Gasteiger partial charge in [0.25, 0.3) is 0 Å². The third-order valence-electron chi connectivity index (χ3n) is 3.78. The smallest absolute Gasteiger partial charge is 0.179 e. The van der Waals surface area contributed by atoms with Crippen LogP contribution >= 0.6 is 0 Å². The molecule has 0 amide bonds. The molecule has 1 aliphatic rings. The molecule has 1 aromatic rings. The zero-order valence-electron chi connectivity index (χ0n) is 11.7. The van der Waals surface area contributed by atoms with Crippen molar-refractivity contribution in [1.82, 2.24) is 5.32 Å². The van der Waals surface area contributed by atoms with Crippen LogP contribution in [0.5, 0.6) is 0 Å². The Morgan fingerprint density at radius 3 is 2.55 bits per heavy atom. The summed E-state index contributed by atoms with van der Waals surface area (Å²) in [6.07, 6.45) is 2.62. The summed E-state index contributed by atoms with van der Waals surface area (Å²) in [4.78, 5) is 0.286. The Morgan fingerprint density at radius 2 is 2.00 bits per heavy atom. The number of hydrogen-bond acceptors (Lipinski definition) is 4. The zero-order valence-corrected chi connectivity index (χ0v) is 12.5. The van der Waals surface area contributed by atoms with Crippen molar-refractivity contribution >= 4 is 9.84 Å². The summed E-state index contributed by atoms with van der Waals surface area (Å²) >= 11 is 0. The number of nitrogens with one attached hydrogen (secondary N) is 1. The number of nitrogens with zero attached hydrogens (tertiary/aromatic N) is 1. The van der Waals surface area contributed by atoms with E-state index in [2.05, 4.69) is 12.2 Å². The normalized spacial score (nSPS) is 16.6. The maximum absolute atomic E-state index is 12.1. The second-order valence-corrected chi connectivity index (χ2v) is 7.58. The molecule has 108 valence electrons. The Bertz CT molecular complexity index is 583. The van der Waals surface area contributed by atoms with E-state index in [1.807, 2.05) is 6.07 Å². The van der Waals surface area contributed by atoms with Crippen molar-refractivity contribution in [3.8, 4) is 6.07 Å². The van der Waals surface area contributed by atoms with Gasteiger partial charge in [-0.1, -0.05) is 6.92 Å². The molecule has 0 aromatic heterocycles. The molecule has 5 heteroatoms. The highest BCUT2D eigenvalue weighted by Crippen LogP contribution is 2.35. The number of rotatable bonds is 7. The summed E-state index contributed by atoms with van der Waals surface area (Å²) < 4.78 is 24.2. The van der Waals surface area contributed by atoms with Gasteiger partial charge < -0.3 is 5.32 Å². The second kappa shape index (κ2) is 6.38. The van der Waals surface area contributed by atoms with E-state index in [0.29, 0.717) is 18.0 Å². The molecule has 4 nitrogen and oxygen atoms in total. The van der Waals surface area contributed by atoms with E-state index < -0.39 is 9.84 Å². The zero-order chi connectivity index (χ0) is 14.6. The topological polar surface area (TPSA) is 70.0 Å². The van der Waals surface area contributed by atoms with Crippen LogP contribution in [0.1, 0.15) is 25.3 Å². The molecular weight excluding hydrogens is 272 g/mol. The van der Waals surface area contributed by atoms with Crippen LogP contribution < -0.4 is 5.32 Å². The van der Waals surface area contributed by atoms with Crippen molar-refractivity contribution in [2.24, 2.45) is 11.8 Å². The summed E-state index contributed by atoms with van der Waals surface area (Å²) in [6.45, 7) is 3.56. The molecule has 0 bridgehead atoms. The molecule has 1 fully saturated rings. The predicted octanol–water partition coefficient (Wildman–Crippen LogP) is 1.97. The maximum atomic E-state index is 12.1. The van der Waals surface area contributed by atoms with Crippen LogP contribution in [0.25, 0.3) is 0 Å². The molecule has 20 heavy (non-hydrogen) atoms. The highest BCUT2D eigenvalue weighted by Gasteiger charge is 2.27. The van der Waals surface area contributed by atoms with Gasteiger partial charge in [-0.3, -0.25) is 0 Å². The average molecular weight is 292 g/mol. The molecule has 1 N–H and O–H groups in total. The number of hydrogen-bond donors (Lipinski definition) is 1. The van der Waals surface area contributed by atoms with E-state index in [0.717, 1.165) is 12.5 Å². The molecule has 2 rings (SSSR count). The lowest BCUT2D eigenvalue weighted by molar-refractivity contribution is 0.468. The second-order valence-electron chi connectivity index (χ2n) is 5.47. The largest absolute Gasteiger partial charge is 0.315 e. The summed E-state index contributed by atoms with van der Waals surface area (Å²) in [6, 6.07) is 8.06. The van der Waals surface area contributed by atoms with Crippen LogP contribution in [0.3, 0.4) is 0 Å². The summed E-state index contributed by atoms with van der Waals surface area (Å²) in [5.41, 5.74) is 0.473. The van der Waals surface area contributed by atoms with Crippen molar-refractivity contribution in [3.05, 3.63) is 29.8 Å². The first kappa shape index (κ1) is 15.0. The molecule has 0 aliphatic heterocycles. The number of benzene rings is 1. The lowest BCUT2D eigenvalue weighted by Crippen LogP contribution is -2.27. The van der Waals surface area contributed by atoms with E-state index in [1.54, 1.807) is 0 Å². The van der Waals surface area contributed by atoms with E-state index in [1.165, 1.54) is 37.1 Å². The van der Waals surface area contributed by atoms with Gasteiger partial charge in [0.1, 0.15) is 0 Å². The minimum absolute atomic E-state index is 0.0935. The van der Waals surface area contributed by atoms with E-state index in [-0.39, 0.29) is 10.6 Å². The Hall–Kier alpha value is -1.38. The van der Waals surface area contributed by atoms with Gasteiger partial charge >= 0.3 is 0 Å². The highest BCUT2D eigenvalue weighted by atomic mass is 32.2. The lowest BCUT2D eigenvalue weighted by atomic mass is 10.1. The van der Waals surface area contributed by atoms with Gasteiger partial charge in [-0.15, -0.1) is 0 Å². The molecular formula is C15H20N2O2S. The summed E-state index contributed by atoms with van der Waals surface area (Å²) in [5, 5.41) is 11.9. The fraction of sp³-hybridized carbons (Fsp3) is 0.533. The van der Waals surface area contributed by atoms with Crippen molar-refractivity contribution in [1.29, 1.82) is 5.26 Å². The maximum Gasteiger partial charge on any atom is 0.179 e. The predicted molar refractivity (Wildman–Crippen MR) is 78.0 cm³/mol. The third kappa shape index (κ3) is 4.06. The first-order valence-electron chi connectivity index (χ1n) is 6.96. The molecule has 1 aromatic carbocycles. The third-order valence-corrected chi connectivity index (χ3v) is 5.52. The van der Waals surface area contributed by atoms with Gasteiger partial charge in [0.15, 0.2) is 9.84 Å². The molecule has 1 aliphatic carbocycles. The van der Waals surface area contributed by atoms with Crippen molar-refractivity contribution in [3.63, 3.8) is 0 Å². The van der Waals surface area contributed by atoms with Crippen LogP contribution in [-0.2, 0) is 9.84 Å². The number of sulfone groups is 1. The minimum atomic E-state index is -3.26. The van der Waals surface area contributed by atoms with Crippen LogP contribution in [0.15, 0.2) is 29.2 Å². The van der Waals surface area contributed by atoms with Crippen LogP contribution in [-0.4, -0.2) is 27.3 Å². The van der Waals surface area contributed by atoms with Gasteiger partial charge in [0.05, 0.1) is 22.3 Å². The fourth-order valence-corrected chi connectivity index (χ4v) is 3.42. The number of nitriles is 1. The Kier molecular flexibility index (Phi) is 4.79. The standard InChI is InChI=1S/C15H20N2O2S/c1-12(14-4-5-14)11-17-8-9-20(18,19)15-6-2-13(10-16)3-7-15/h2-3,6-7,12,14,17H,4-5,8-9,11H2,1H3. The molecule has 1 atom stereocenters. The van der Waals surface area contributed by atoms with Gasteiger partial charge in [-0.25, -0.2) is 8.42 Å². The van der Waals surface area contributed by atoms with Gasteiger partial charge in [-0.05, 0) is 55.5 Å². The fourth-order valence-electron chi connectivity index (χ4n) is 2.22. The summed E-state index contributed by atoms with van der Waals surface area (Å²) in [5.74, 6) is 1.56. The van der Waals surface area contributed by atoms with Crippen molar-refractivity contribution < 1.29 is 8.42 Å². The van der Waals surface area contributed by atoms with Crippen molar-refractivity contribution in [2.45, 2.75) is 24.7 Å². The SMILES string of the molecule is CC(CNCCS(=O)(=O)c1ccc(C#N)cc1)C1CC1. The Morgan fingerprint density at radius 1 is 1.35 bits per heavy atom. The van der Waals surface area contributed by atoms with Gasteiger partial charge in [0.2, 0.25) is 0 Å². The van der Waals surface area contributed by atoms with Crippen LogP contribution in [0.4, 0.5) is 0 Å².